The molecule has 0 saturated carbocycles. The summed E-state index contributed by atoms with van der Waals surface area (Å²) in [6.07, 6.45) is 0.472. The summed E-state index contributed by atoms with van der Waals surface area (Å²) in [6.45, 7) is 2.51. The first-order chi connectivity index (χ1) is 10.3. The van der Waals surface area contributed by atoms with Crippen LogP contribution in [0.25, 0.3) is 0 Å². The molecule has 0 fully saturated rings. The summed E-state index contributed by atoms with van der Waals surface area (Å²) in [5.41, 5.74) is 0.731. The average molecular weight is 301 g/mol. The zero-order valence-corrected chi connectivity index (χ0v) is 12.9. The van der Waals surface area contributed by atoms with E-state index in [1.807, 2.05) is 61.5 Å². The molecule has 0 aromatic heterocycles. The predicted molar refractivity (Wildman–Crippen MR) is 88.0 cm³/mol. The van der Waals surface area contributed by atoms with Gasteiger partial charge in [-0.15, -0.1) is 11.8 Å². The Morgan fingerprint density at radius 3 is 2.57 bits per heavy atom. The van der Waals surface area contributed by atoms with Crippen molar-refractivity contribution >= 4 is 23.4 Å². The van der Waals surface area contributed by atoms with Gasteiger partial charge in [-0.3, -0.25) is 4.79 Å². The third-order valence-corrected chi connectivity index (χ3v) is 3.82. The first kappa shape index (κ1) is 15.4. The van der Waals surface area contributed by atoms with Gasteiger partial charge in [0, 0.05) is 17.1 Å². The Hall–Kier alpha value is -1.94. The molecule has 0 aliphatic heterocycles. The SMILES string of the molecule is CCOc1ccccc1NC(=O)CCSc1ccccc1. The van der Waals surface area contributed by atoms with E-state index in [9.17, 15) is 4.79 Å². The third kappa shape index (κ3) is 5.16. The number of thioether (sulfide) groups is 1. The summed E-state index contributed by atoms with van der Waals surface area (Å²) < 4.78 is 5.49. The molecule has 0 aliphatic carbocycles. The van der Waals surface area contributed by atoms with Gasteiger partial charge in [0.1, 0.15) is 5.75 Å². The lowest BCUT2D eigenvalue weighted by atomic mass is 10.3. The first-order valence-corrected chi connectivity index (χ1v) is 7.97. The minimum atomic E-state index is 0.00517. The van der Waals surface area contributed by atoms with Gasteiger partial charge in [0.25, 0.3) is 0 Å². The lowest BCUT2D eigenvalue weighted by Gasteiger charge is -2.11. The molecule has 0 unspecified atom stereocenters. The van der Waals surface area contributed by atoms with E-state index in [4.69, 9.17) is 4.74 Å². The summed E-state index contributed by atoms with van der Waals surface area (Å²) in [7, 11) is 0. The van der Waals surface area contributed by atoms with Gasteiger partial charge in [-0.05, 0) is 31.2 Å². The van der Waals surface area contributed by atoms with Crippen LogP contribution in [0.15, 0.2) is 59.5 Å². The van der Waals surface area contributed by atoms with Gasteiger partial charge < -0.3 is 10.1 Å². The van der Waals surface area contributed by atoms with E-state index < -0.39 is 0 Å². The maximum atomic E-state index is 12.0. The Morgan fingerprint density at radius 2 is 1.81 bits per heavy atom. The van der Waals surface area contributed by atoms with Gasteiger partial charge in [-0.2, -0.15) is 0 Å². The van der Waals surface area contributed by atoms with Crippen LogP contribution in [0.5, 0.6) is 5.75 Å². The minimum Gasteiger partial charge on any atom is -0.492 e. The number of amides is 1. The van der Waals surface area contributed by atoms with Gasteiger partial charge in [-0.25, -0.2) is 0 Å². The van der Waals surface area contributed by atoms with Crippen LogP contribution in [0.4, 0.5) is 5.69 Å². The van der Waals surface area contributed by atoms with E-state index in [-0.39, 0.29) is 5.91 Å². The zero-order valence-electron chi connectivity index (χ0n) is 12.0. The lowest BCUT2D eigenvalue weighted by Crippen LogP contribution is -2.13. The van der Waals surface area contributed by atoms with Crippen molar-refractivity contribution in [2.75, 3.05) is 17.7 Å². The fourth-order valence-corrected chi connectivity index (χ4v) is 2.72. The number of para-hydroxylation sites is 2. The summed E-state index contributed by atoms with van der Waals surface area (Å²) in [4.78, 5) is 13.2. The molecular weight excluding hydrogens is 282 g/mol. The maximum Gasteiger partial charge on any atom is 0.225 e. The monoisotopic (exact) mass is 301 g/mol. The smallest absolute Gasteiger partial charge is 0.225 e. The quantitative estimate of drug-likeness (QED) is 0.779. The second-order valence-electron chi connectivity index (χ2n) is 4.39. The molecule has 3 nitrogen and oxygen atoms in total. The Balaban J connectivity index is 1.82. The molecule has 1 amide bonds. The van der Waals surface area contributed by atoms with Crippen LogP contribution < -0.4 is 10.1 Å². The number of anilines is 1. The molecule has 21 heavy (non-hydrogen) atoms. The number of carbonyl (C=O) groups is 1. The second-order valence-corrected chi connectivity index (χ2v) is 5.56. The Morgan fingerprint density at radius 1 is 1.10 bits per heavy atom. The number of rotatable bonds is 7. The Labute approximate surface area is 129 Å². The van der Waals surface area contributed by atoms with Crippen molar-refractivity contribution in [2.45, 2.75) is 18.2 Å². The van der Waals surface area contributed by atoms with Crippen LogP contribution in [0.1, 0.15) is 13.3 Å². The van der Waals surface area contributed by atoms with Crippen molar-refractivity contribution in [1.82, 2.24) is 0 Å². The number of hydrogen-bond acceptors (Lipinski definition) is 3. The van der Waals surface area contributed by atoms with Crippen LogP contribution in [0.3, 0.4) is 0 Å². The normalized spacial score (nSPS) is 10.1. The fraction of sp³-hybridized carbons (Fsp3) is 0.235. The van der Waals surface area contributed by atoms with Gasteiger partial charge in [0.2, 0.25) is 5.91 Å². The van der Waals surface area contributed by atoms with E-state index in [1.54, 1.807) is 11.8 Å². The molecule has 0 spiro atoms. The van der Waals surface area contributed by atoms with Gasteiger partial charge in [0.05, 0.1) is 12.3 Å². The van der Waals surface area contributed by atoms with Gasteiger partial charge >= 0.3 is 0 Å². The Kier molecular flexibility index (Phi) is 6.16. The molecule has 0 heterocycles. The maximum absolute atomic E-state index is 12.0. The van der Waals surface area contributed by atoms with Crippen LogP contribution in [-0.4, -0.2) is 18.3 Å². The van der Waals surface area contributed by atoms with Crippen LogP contribution in [0.2, 0.25) is 0 Å². The molecule has 4 heteroatoms. The number of nitrogens with one attached hydrogen (secondary N) is 1. The summed E-state index contributed by atoms with van der Waals surface area (Å²) in [5, 5.41) is 2.90. The highest BCUT2D eigenvalue weighted by molar-refractivity contribution is 7.99. The molecule has 0 radical (unpaired) electrons. The molecular formula is C17H19NO2S. The van der Waals surface area contributed by atoms with Gasteiger partial charge in [-0.1, -0.05) is 30.3 Å². The van der Waals surface area contributed by atoms with Crippen molar-refractivity contribution in [1.29, 1.82) is 0 Å². The molecule has 2 aromatic rings. The number of ether oxygens (including phenoxy) is 1. The van der Waals surface area contributed by atoms with E-state index >= 15 is 0 Å². The molecule has 0 saturated heterocycles. The molecule has 2 aromatic carbocycles. The minimum absolute atomic E-state index is 0.00517. The van der Waals surface area contributed by atoms with Crippen LogP contribution in [0, 0.1) is 0 Å². The third-order valence-electron chi connectivity index (χ3n) is 2.80. The number of benzene rings is 2. The largest absolute Gasteiger partial charge is 0.492 e. The van der Waals surface area contributed by atoms with Crippen molar-refractivity contribution in [3.8, 4) is 5.75 Å². The van der Waals surface area contributed by atoms with E-state index in [0.717, 1.165) is 11.4 Å². The van der Waals surface area contributed by atoms with E-state index in [1.165, 1.54) is 4.90 Å². The van der Waals surface area contributed by atoms with Crippen molar-refractivity contribution in [3.05, 3.63) is 54.6 Å². The zero-order chi connectivity index (χ0) is 14.9. The Bertz CT molecular complexity index is 572. The fourth-order valence-electron chi connectivity index (χ4n) is 1.84. The molecule has 1 N–H and O–H groups in total. The first-order valence-electron chi connectivity index (χ1n) is 6.99. The number of hydrogen-bond donors (Lipinski definition) is 1. The van der Waals surface area contributed by atoms with Crippen LogP contribution >= 0.6 is 11.8 Å². The highest BCUT2D eigenvalue weighted by atomic mass is 32.2. The second kappa shape index (κ2) is 8.37. The summed E-state index contributed by atoms with van der Waals surface area (Å²) >= 11 is 1.68. The van der Waals surface area contributed by atoms with Gasteiger partial charge in [0.15, 0.2) is 0 Å². The van der Waals surface area contributed by atoms with Crippen molar-refractivity contribution < 1.29 is 9.53 Å². The lowest BCUT2D eigenvalue weighted by molar-refractivity contribution is -0.115. The van der Waals surface area contributed by atoms with Crippen molar-refractivity contribution in [3.63, 3.8) is 0 Å². The highest BCUT2D eigenvalue weighted by Gasteiger charge is 2.07. The van der Waals surface area contributed by atoms with Crippen molar-refractivity contribution in [2.24, 2.45) is 0 Å². The number of carbonyl (C=O) groups excluding carboxylic acids is 1. The molecule has 2 rings (SSSR count). The average Bonchev–Trinajstić information content (AvgIpc) is 2.50. The molecule has 0 aliphatic rings. The standard InChI is InChI=1S/C17H19NO2S/c1-2-20-16-11-7-6-10-15(16)18-17(19)12-13-21-14-8-4-3-5-9-14/h3-11H,2,12-13H2,1H3,(H,18,19). The van der Waals surface area contributed by atoms with E-state index in [2.05, 4.69) is 5.32 Å². The molecule has 110 valence electrons. The topological polar surface area (TPSA) is 38.3 Å². The van der Waals surface area contributed by atoms with Crippen LogP contribution in [-0.2, 0) is 4.79 Å². The predicted octanol–water partition coefficient (Wildman–Crippen LogP) is 4.21. The summed E-state index contributed by atoms with van der Waals surface area (Å²) in [5.74, 6) is 1.47. The molecule has 0 bridgehead atoms. The van der Waals surface area contributed by atoms with E-state index in [0.29, 0.717) is 18.8 Å². The highest BCUT2D eigenvalue weighted by Crippen LogP contribution is 2.24. The molecule has 0 atom stereocenters. The summed E-state index contributed by atoms with van der Waals surface area (Å²) in [6, 6.07) is 17.6.